The Kier molecular flexibility index (Phi) is 5.84. The van der Waals surface area contributed by atoms with Crippen molar-refractivity contribution in [2.45, 2.75) is 38.9 Å². The number of likely N-dealkylation sites (N-methyl/N-ethyl adjacent to an activating group) is 1. The third-order valence-electron chi connectivity index (χ3n) is 3.50. The first kappa shape index (κ1) is 15.8. The minimum Gasteiger partial charge on any atom is -0.468 e. The van der Waals surface area contributed by atoms with Gasteiger partial charge in [-0.05, 0) is 53.2 Å². The van der Waals surface area contributed by atoms with E-state index in [-0.39, 0.29) is 12.1 Å². The topological polar surface area (TPSA) is 42.4 Å². The van der Waals surface area contributed by atoms with Gasteiger partial charge < -0.3 is 10.2 Å². The molecule has 5 heteroatoms. The standard InChI is InChI=1S/C15H21BrN2OS/c1-3-12(17)15(13-7-8-14(16)20-13)18(4-2)10-11-6-5-9-19-11/h5-9,12,15H,3-4,10,17H2,1-2H3. The van der Waals surface area contributed by atoms with Gasteiger partial charge in [0.05, 0.1) is 22.6 Å². The largest absolute Gasteiger partial charge is 0.468 e. The first-order valence-corrected chi connectivity index (χ1v) is 8.53. The van der Waals surface area contributed by atoms with Crippen LogP contribution in [-0.4, -0.2) is 17.5 Å². The molecule has 0 amide bonds. The fraction of sp³-hybridized carbons (Fsp3) is 0.467. The lowest BCUT2D eigenvalue weighted by molar-refractivity contribution is 0.160. The average molecular weight is 357 g/mol. The fourth-order valence-corrected chi connectivity index (χ4v) is 4.02. The number of hydrogen-bond acceptors (Lipinski definition) is 4. The SMILES string of the molecule is CCC(N)C(c1ccc(Br)s1)N(CC)Cc1ccco1. The normalized spacial score (nSPS) is 14.7. The van der Waals surface area contributed by atoms with Gasteiger partial charge in [-0.2, -0.15) is 0 Å². The molecule has 2 aromatic heterocycles. The zero-order chi connectivity index (χ0) is 14.5. The van der Waals surface area contributed by atoms with Gasteiger partial charge in [0, 0.05) is 10.9 Å². The van der Waals surface area contributed by atoms with Crippen LogP contribution in [0.4, 0.5) is 0 Å². The molecule has 2 aromatic rings. The van der Waals surface area contributed by atoms with E-state index in [0.717, 1.165) is 29.1 Å². The minimum atomic E-state index is 0.121. The van der Waals surface area contributed by atoms with Crippen molar-refractivity contribution in [1.82, 2.24) is 4.90 Å². The van der Waals surface area contributed by atoms with Crippen LogP contribution in [0.5, 0.6) is 0 Å². The molecule has 0 radical (unpaired) electrons. The fourth-order valence-electron chi connectivity index (χ4n) is 2.38. The Labute approximate surface area is 132 Å². The molecule has 2 rings (SSSR count). The van der Waals surface area contributed by atoms with Crippen LogP contribution in [0.2, 0.25) is 0 Å². The number of halogens is 1. The van der Waals surface area contributed by atoms with Gasteiger partial charge >= 0.3 is 0 Å². The molecule has 0 aliphatic rings. The molecule has 0 spiro atoms. The molecule has 3 nitrogen and oxygen atoms in total. The van der Waals surface area contributed by atoms with E-state index >= 15 is 0 Å². The zero-order valence-corrected chi connectivity index (χ0v) is 14.3. The van der Waals surface area contributed by atoms with E-state index in [1.54, 1.807) is 17.6 Å². The van der Waals surface area contributed by atoms with Crippen molar-refractivity contribution in [3.8, 4) is 0 Å². The summed E-state index contributed by atoms with van der Waals surface area (Å²) < 4.78 is 6.63. The van der Waals surface area contributed by atoms with Gasteiger partial charge in [-0.3, -0.25) is 4.90 Å². The average Bonchev–Trinajstić information content (AvgIpc) is 3.09. The predicted octanol–water partition coefficient (Wildman–Crippen LogP) is 4.40. The first-order chi connectivity index (χ1) is 9.65. The van der Waals surface area contributed by atoms with E-state index < -0.39 is 0 Å². The Hall–Kier alpha value is -0.620. The van der Waals surface area contributed by atoms with E-state index in [1.165, 1.54) is 4.88 Å². The highest BCUT2D eigenvalue weighted by Crippen LogP contribution is 2.34. The number of rotatable bonds is 7. The second kappa shape index (κ2) is 7.41. The maximum atomic E-state index is 6.38. The number of nitrogens with zero attached hydrogens (tertiary/aromatic N) is 1. The molecule has 0 aliphatic heterocycles. The van der Waals surface area contributed by atoms with Crippen LogP contribution in [0.15, 0.2) is 38.7 Å². The van der Waals surface area contributed by atoms with E-state index in [0.29, 0.717) is 0 Å². The highest BCUT2D eigenvalue weighted by Gasteiger charge is 2.26. The maximum Gasteiger partial charge on any atom is 0.117 e. The van der Waals surface area contributed by atoms with Crippen LogP contribution in [-0.2, 0) is 6.54 Å². The molecule has 2 N–H and O–H groups in total. The van der Waals surface area contributed by atoms with Crippen molar-refractivity contribution in [2.75, 3.05) is 6.54 Å². The summed E-state index contributed by atoms with van der Waals surface area (Å²) >= 11 is 5.30. The van der Waals surface area contributed by atoms with Gasteiger partial charge in [0.2, 0.25) is 0 Å². The van der Waals surface area contributed by atoms with Gasteiger partial charge in [0.25, 0.3) is 0 Å². The summed E-state index contributed by atoms with van der Waals surface area (Å²) in [6, 6.07) is 8.55. The first-order valence-electron chi connectivity index (χ1n) is 6.93. The van der Waals surface area contributed by atoms with Crippen LogP contribution in [0.1, 0.15) is 36.9 Å². The van der Waals surface area contributed by atoms with Gasteiger partial charge in [0.1, 0.15) is 5.76 Å². The van der Waals surface area contributed by atoms with Crippen molar-refractivity contribution in [2.24, 2.45) is 5.73 Å². The second-order valence-electron chi connectivity index (χ2n) is 4.80. The molecule has 20 heavy (non-hydrogen) atoms. The van der Waals surface area contributed by atoms with Gasteiger partial charge in [-0.25, -0.2) is 0 Å². The molecule has 0 aromatic carbocycles. The molecule has 110 valence electrons. The molecular weight excluding hydrogens is 336 g/mol. The number of thiophene rings is 1. The molecule has 0 saturated carbocycles. The Morgan fingerprint density at radius 1 is 1.35 bits per heavy atom. The predicted molar refractivity (Wildman–Crippen MR) is 87.8 cm³/mol. The van der Waals surface area contributed by atoms with Crippen molar-refractivity contribution in [1.29, 1.82) is 0 Å². The van der Waals surface area contributed by atoms with Crippen LogP contribution >= 0.6 is 27.3 Å². The van der Waals surface area contributed by atoms with Crippen molar-refractivity contribution >= 4 is 27.3 Å². The number of nitrogens with two attached hydrogens (primary N) is 1. The second-order valence-corrected chi connectivity index (χ2v) is 7.30. The van der Waals surface area contributed by atoms with E-state index in [1.807, 2.05) is 12.1 Å². The molecule has 2 unspecified atom stereocenters. The Balaban J connectivity index is 2.23. The van der Waals surface area contributed by atoms with Crippen LogP contribution in [0, 0.1) is 0 Å². The molecule has 2 atom stereocenters. The summed E-state index contributed by atoms with van der Waals surface area (Å²) in [6.45, 7) is 6.04. The lowest BCUT2D eigenvalue weighted by atomic mass is 10.0. The molecule has 0 aliphatic carbocycles. The summed E-state index contributed by atoms with van der Waals surface area (Å²) in [5.41, 5.74) is 6.38. The van der Waals surface area contributed by atoms with Crippen molar-refractivity contribution in [3.63, 3.8) is 0 Å². The lowest BCUT2D eigenvalue weighted by Gasteiger charge is -2.33. The van der Waals surface area contributed by atoms with Crippen LogP contribution in [0.3, 0.4) is 0 Å². The third kappa shape index (κ3) is 3.73. The van der Waals surface area contributed by atoms with Crippen molar-refractivity contribution in [3.05, 3.63) is 45.0 Å². The van der Waals surface area contributed by atoms with Crippen LogP contribution in [0.25, 0.3) is 0 Å². The summed E-state index contributed by atoms with van der Waals surface area (Å²) in [4.78, 5) is 3.69. The van der Waals surface area contributed by atoms with E-state index in [9.17, 15) is 0 Å². The minimum absolute atomic E-state index is 0.121. The Bertz CT molecular complexity index is 512. The zero-order valence-electron chi connectivity index (χ0n) is 11.9. The molecule has 0 saturated heterocycles. The van der Waals surface area contributed by atoms with Crippen LogP contribution < -0.4 is 5.73 Å². The van der Waals surface area contributed by atoms with E-state index in [4.69, 9.17) is 10.2 Å². The molecule has 0 bridgehead atoms. The lowest BCUT2D eigenvalue weighted by Crippen LogP contribution is -2.40. The highest BCUT2D eigenvalue weighted by atomic mass is 79.9. The molecular formula is C15H21BrN2OS. The maximum absolute atomic E-state index is 6.38. The monoisotopic (exact) mass is 356 g/mol. The molecule has 2 heterocycles. The Morgan fingerprint density at radius 2 is 2.15 bits per heavy atom. The van der Waals surface area contributed by atoms with E-state index in [2.05, 4.69) is 46.8 Å². The quantitative estimate of drug-likeness (QED) is 0.798. The highest BCUT2D eigenvalue weighted by molar-refractivity contribution is 9.11. The molecule has 0 fully saturated rings. The summed E-state index contributed by atoms with van der Waals surface area (Å²) in [5.74, 6) is 0.982. The van der Waals surface area contributed by atoms with Gasteiger partial charge in [-0.15, -0.1) is 11.3 Å². The smallest absolute Gasteiger partial charge is 0.117 e. The number of hydrogen-bond donors (Lipinski definition) is 1. The van der Waals surface area contributed by atoms with Crippen molar-refractivity contribution < 1.29 is 4.42 Å². The summed E-state index contributed by atoms with van der Waals surface area (Å²) in [5, 5.41) is 0. The van der Waals surface area contributed by atoms with Gasteiger partial charge in [0.15, 0.2) is 0 Å². The third-order valence-corrected chi connectivity index (χ3v) is 5.20. The summed E-state index contributed by atoms with van der Waals surface area (Å²) in [7, 11) is 0. The number of furan rings is 1. The van der Waals surface area contributed by atoms with Gasteiger partial charge in [-0.1, -0.05) is 13.8 Å². The summed E-state index contributed by atoms with van der Waals surface area (Å²) in [6.07, 6.45) is 2.68. The Morgan fingerprint density at radius 3 is 2.65 bits per heavy atom.